The van der Waals surface area contributed by atoms with Crippen LogP contribution in [0.3, 0.4) is 0 Å². The molecule has 302 valence electrons. The van der Waals surface area contributed by atoms with Crippen molar-refractivity contribution >= 4 is 11.0 Å². The topological polar surface area (TPSA) is 50.9 Å². The summed E-state index contributed by atoms with van der Waals surface area (Å²) < 4.78 is 27.5. The fourth-order valence-corrected chi connectivity index (χ4v) is 8.32. The molecule has 0 saturated heterocycles. The molecule has 5 heteroatoms. The van der Waals surface area contributed by atoms with Crippen LogP contribution in [0, 0.1) is 26.8 Å². The molecule has 62 heavy (non-hydrogen) atoms. The maximum Gasteiger partial charge on any atom is 0.148 e. The van der Waals surface area contributed by atoms with Gasteiger partial charge in [0, 0.05) is 42.8 Å². The third kappa shape index (κ3) is 7.82. The smallest absolute Gasteiger partial charge is 0.148 e. The Bertz CT molecular complexity index is 3330. The zero-order chi connectivity index (χ0) is 44.0. The normalized spacial score (nSPS) is 12.0. The molecule has 0 spiro atoms. The fraction of sp³-hybridized carbons (Fsp3) is 0.0526. The molecule has 10 rings (SSSR count). The van der Waals surface area contributed by atoms with E-state index in [0.29, 0.717) is 28.2 Å². The number of benzene rings is 8. The first-order chi connectivity index (χ1) is 31.1. The maximum atomic E-state index is 11.7. The van der Waals surface area contributed by atoms with Gasteiger partial charge in [0.05, 0.1) is 16.6 Å². The van der Waals surface area contributed by atoms with Crippen molar-refractivity contribution in [2.24, 2.45) is 0 Å². The van der Waals surface area contributed by atoms with Gasteiger partial charge in [-0.1, -0.05) is 162 Å². The van der Waals surface area contributed by atoms with Crippen LogP contribution in [0.15, 0.2) is 194 Å². The van der Waals surface area contributed by atoms with E-state index in [9.17, 15) is 5.11 Å². The number of aromatic hydroxyl groups is 1. The van der Waals surface area contributed by atoms with E-state index in [1.165, 1.54) is 5.56 Å². The predicted octanol–water partition coefficient (Wildman–Crippen LogP) is 14.5. The van der Waals surface area contributed by atoms with Crippen molar-refractivity contribution in [3.8, 4) is 89.7 Å². The number of pyridine rings is 1. The molecule has 0 atom stereocenters. The molecule has 2 heterocycles. The number of para-hydroxylation sites is 1. The van der Waals surface area contributed by atoms with Crippen molar-refractivity contribution in [1.82, 2.24) is 14.5 Å². The van der Waals surface area contributed by atoms with Gasteiger partial charge in [-0.2, -0.15) is 0 Å². The molecule has 0 saturated carbocycles. The summed E-state index contributed by atoms with van der Waals surface area (Å²) in [6.07, 6.45) is 1.85. The first-order valence-electron chi connectivity index (χ1n) is 21.9. The molecule has 0 radical (unpaired) electrons. The minimum atomic E-state index is -2.39. The third-order valence-electron chi connectivity index (χ3n) is 11.3. The molecule has 0 aliphatic heterocycles. The number of rotatable bonds is 8. The van der Waals surface area contributed by atoms with Gasteiger partial charge in [0.1, 0.15) is 11.6 Å². The van der Waals surface area contributed by atoms with Crippen LogP contribution < -0.4 is 0 Å². The second-order valence-corrected chi connectivity index (χ2v) is 15.5. The Kier molecular flexibility index (Phi) is 10.1. The van der Waals surface area contributed by atoms with Gasteiger partial charge in [0.25, 0.3) is 0 Å². The number of imidazole rings is 1. The van der Waals surface area contributed by atoms with Crippen LogP contribution in [0.2, 0.25) is 0 Å². The molecule has 0 aliphatic rings. The van der Waals surface area contributed by atoms with E-state index in [1.807, 2.05) is 122 Å². The Morgan fingerprint density at radius 3 is 1.77 bits per heavy atom. The van der Waals surface area contributed by atoms with E-state index in [2.05, 4.69) is 84.9 Å². The van der Waals surface area contributed by atoms with Gasteiger partial charge in [-0.05, 0) is 107 Å². The van der Waals surface area contributed by atoms with Crippen LogP contribution >= 0.6 is 0 Å². The minimum absolute atomic E-state index is 0. The fourth-order valence-electron chi connectivity index (χ4n) is 8.32. The first-order valence-corrected chi connectivity index (χ1v) is 20.4. The summed E-state index contributed by atoms with van der Waals surface area (Å²) in [5.74, 6) is 0.597. The Balaban J connectivity index is 0.00000533. The van der Waals surface area contributed by atoms with Gasteiger partial charge in [-0.15, -0.1) is 23.8 Å². The third-order valence-corrected chi connectivity index (χ3v) is 11.3. The number of hydrogen-bond donors (Lipinski definition) is 1. The number of hydrogen-bond acceptors (Lipinski definition) is 3. The zero-order valence-corrected chi connectivity index (χ0v) is 36.4. The summed E-state index contributed by atoms with van der Waals surface area (Å²) in [4.78, 5) is 10.3. The van der Waals surface area contributed by atoms with Crippen molar-refractivity contribution in [2.45, 2.75) is 20.7 Å². The Morgan fingerprint density at radius 2 is 1.11 bits per heavy atom. The summed E-state index contributed by atoms with van der Waals surface area (Å²) in [5, 5.41) is 11.7. The molecule has 0 fully saturated rings. The second-order valence-electron chi connectivity index (χ2n) is 15.5. The number of phenols is 1. The van der Waals surface area contributed by atoms with Crippen LogP contribution in [0.25, 0.3) is 95.0 Å². The van der Waals surface area contributed by atoms with E-state index in [4.69, 9.17) is 14.1 Å². The van der Waals surface area contributed by atoms with E-state index < -0.39 is 6.85 Å². The number of aromatic nitrogens is 3. The van der Waals surface area contributed by atoms with Crippen LogP contribution in [0.1, 0.15) is 20.8 Å². The van der Waals surface area contributed by atoms with Crippen LogP contribution in [0.5, 0.6) is 5.75 Å². The second kappa shape index (κ2) is 17.1. The van der Waals surface area contributed by atoms with Crippen molar-refractivity contribution < 1.29 is 30.3 Å². The Labute approximate surface area is 381 Å². The molecule has 0 unspecified atom stereocenters. The summed E-state index contributed by atoms with van der Waals surface area (Å²) >= 11 is 0. The Morgan fingerprint density at radius 1 is 0.516 bits per heavy atom. The van der Waals surface area contributed by atoms with Gasteiger partial charge in [0.2, 0.25) is 0 Å². The zero-order valence-electron chi connectivity index (χ0n) is 37.1. The molecule has 0 aliphatic carbocycles. The van der Waals surface area contributed by atoms with Crippen LogP contribution in [-0.4, -0.2) is 19.6 Å². The number of phenolic OH excluding ortho intramolecular Hbond substituents is 1. The van der Waals surface area contributed by atoms with E-state index in [-0.39, 0.29) is 32.4 Å². The molecule has 10 aromatic rings. The van der Waals surface area contributed by atoms with Gasteiger partial charge < -0.3 is 5.11 Å². The molecule has 8 aromatic carbocycles. The van der Waals surface area contributed by atoms with Gasteiger partial charge in [-0.25, -0.2) is 4.98 Å². The van der Waals surface area contributed by atoms with Gasteiger partial charge >= 0.3 is 0 Å². The van der Waals surface area contributed by atoms with Crippen molar-refractivity contribution in [2.75, 3.05) is 0 Å². The predicted molar refractivity (Wildman–Crippen MR) is 252 cm³/mol. The van der Waals surface area contributed by atoms with Crippen molar-refractivity contribution in [3.05, 3.63) is 217 Å². The summed E-state index contributed by atoms with van der Waals surface area (Å²) in [7, 11) is 0. The van der Waals surface area contributed by atoms with Crippen molar-refractivity contribution in [1.29, 1.82) is 0 Å². The standard InChI is InChI=1S/C57H42N3O.Pt/c1-37-28-39(3)56(61)52(31-37)57-59-55-51(20-13-21-54(55)60(57)50-30-38(2)29-46(35-50)41-16-9-5-10-17-41)48-32-47(42-18-11-6-12-19-42)33-49(34-48)53-36-45(26-27-58-53)44-24-22-43(23-25-44)40-14-7-4-8-15-40;/h4-33,35-36,61H,1-3H3;/q-1;/i2D3;. The molecule has 1 N–H and O–H groups in total. The van der Waals surface area contributed by atoms with E-state index in [1.54, 1.807) is 12.1 Å². The maximum absolute atomic E-state index is 11.7. The molecule has 2 aromatic heterocycles. The number of nitrogens with zero attached hydrogens (tertiary/aromatic N) is 3. The molecule has 0 bridgehead atoms. The molecular formula is C57H42N3OPt-. The molecule has 4 nitrogen and oxygen atoms in total. The van der Waals surface area contributed by atoms with E-state index >= 15 is 0 Å². The van der Waals surface area contributed by atoms with Crippen LogP contribution in [0.4, 0.5) is 0 Å². The SMILES string of the molecule is [2H]C([2H])([2H])c1cc(-c2ccccc2)cc(-n2c(-c3cc(C)cc(C)c3O)nc3c(-c4[c-]c(-c5cc(-c6ccc(-c7ccccc7)cc6)ccn5)cc(-c5ccccc5)c4)cccc32)c1.[Pt]. The largest absolute Gasteiger partial charge is 0.507 e. The monoisotopic (exact) mass is 982 g/mol. The molecular weight excluding hydrogens is 938 g/mol. The molecule has 0 amide bonds. The quantitative estimate of drug-likeness (QED) is 0.154. The summed E-state index contributed by atoms with van der Waals surface area (Å²) in [6.45, 7) is 1.48. The van der Waals surface area contributed by atoms with Gasteiger partial charge in [-0.3, -0.25) is 9.55 Å². The minimum Gasteiger partial charge on any atom is -0.507 e. The summed E-state index contributed by atoms with van der Waals surface area (Å²) in [5.41, 5.74) is 15.8. The van der Waals surface area contributed by atoms with Crippen LogP contribution in [-0.2, 0) is 21.1 Å². The number of fused-ring (bicyclic) bond motifs is 1. The average molecular weight is 983 g/mol. The number of aryl methyl sites for hydroxylation is 3. The average Bonchev–Trinajstić information content (AvgIpc) is 3.73. The van der Waals surface area contributed by atoms with Gasteiger partial charge in [0.15, 0.2) is 0 Å². The van der Waals surface area contributed by atoms with Crippen molar-refractivity contribution in [3.63, 3.8) is 0 Å². The van der Waals surface area contributed by atoms with E-state index in [0.717, 1.165) is 72.4 Å². The first kappa shape index (κ1) is 36.7. The Hall–Kier alpha value is -7.13. The summed E-state index contributed by atoms with van der Waals surface area (Å²) in [6, 6.07) is 66.5.